The van der Waals surface area contributed by atoms with Gasteiger partial charge in [-0.3, -0.25) is 14.7 Å². The lowest BCUT2D eigenvalue weighted by Gasteiger charge is -2.36. The molecular weight excluding hydrogens is 420 g/mol. The van der Waals surface area contributed by atoms with Gasteiger partial charge in [-0.15, -0.1) is 5.10 Å². The molecule has 3 aromatic heterocycles. The van der Waals surface area contributed by atoms with Gasteiger partial charge in [-0.25, -0.2) is 9.67 Å². The Morgan fingerprint density at radius 2 is 2.03 bits per heavy atom. The van der Waals surface area contributed by atoms with E-state index in [2.05, 4.69) is 56.1 Å². The first-order chi connectivity index (χ1) is 15.9. The number of hydrogen-bond donors (Lipinski definition) is 1. The molecule has 1 aliphatic heterocycles. The van der Waals surface area contributed by atoms with E-state index in [0.29, 0.717) is 17.1 Å². The fourth-order valence-corrected chi connectivity index (χ4v) is 3.76. The van der Waals surface area contributed by atoms with Crippen LogP contribution in [0, 0.1) is 13.0 Å². The first-order valence-electron chi connectivity index (χ1n) is 11.1. The summed E-state index contributed by atoms with van der Waals surface area (Å²) in [5.41, 5.74) is 9.32. The lowest BCUT2D eigenvalue weighted by molar-refractivity contribution is 0.0579. The highest BCUT2D eigenvalue weighted by molar-refractivity contribution is 5.90. The maximum absolute atomic E-state index is 11.3. The van der Waals surface area contributed by atoms with Crippen LogP contribution < -0.4 is 10.6 Å². The Balaban J connectivity index is 1.43. The topological polar surface area (TPSA) is 115 Å². The highest BCUT2D eigenvalue weighted by Crippen LogP contribution is 2.24. The fourth-order valence-electron chi connectivity index (χ4n) is 3.76. The van der Waals surface area contributed by atoms with Crippen molar-refractivity contribution in [3.63, 3.8) is 0 Å². The molecule has 1 aliphatic rings. The Labute approximate surface area is 193 Å². The van der Waals surface area contributed by atoms with Crippen LogP contribution in [0.15, 0.2) is 30.7 Å². The van der Waals surface area contributed by atoms with Crippen LogP contribution in [0.4, 0.5) is 5.69 Å². The molecule has 0 unspecified atom stereocenters. The molecule has 0 bridgehead atoms. The van der Waals surface area contributed by atoms with Crippen molar-refractivity contribution >= 4 is 11.6 Å². The van der Waals surface area contributed by atoms with Gasteiger partial charge in [-0.2, -0.15) is 0 Å². The molecule has 1 fully saturated rings. The van der Waals surface area contributed by atoms with Gasteiger partial charge in [0.2, 0.25) is 0 Å². The molecule has 1 saturated heterocycles. The van der Waals surface area contributed by atoms with Crippen molar-refractivity contribution in [2.45, 2.75) is 26.9 Å². The molecule has 2 N–H and O–H groups in total. The monoisotopic (exact) mass is 449 g/mol. The molecule has 0 atom stereocenters. The molecule has 10 nitrogen and oxygen atoms in total. The van der Waals surface area contributed by atoms with Gasteiger partial charge < -0.3 is 15.4 Å². The zero-order valence-electron chi connectivity index (χ0n) is 19.2. The highest BCUT2D eigenvalue weighted by Gasteiger charge is 2.18. The van der Waals surface area contributed by atoms with Crippen LogP contribution in [0.1, 0.15) is 30.0 Å². The summed E-state index contributed by atoms with van der Waals surface area (Å²) in [6, 6.07) is 6.52. The number of anilines is 1. The van der Waals surface area contributed by atoms with Gasteiger partial charge in [-0.1, -0.05) is 5.21 Å². The van der Waals surface area contributed by atoms with Gasteiger partial charge in [0.05, 0.1) is 42.2 Å². The van der Waals surface area contributed by atoms with Crippen LogP contribution >= 0.6 is 0 Å². The second kappa shape index (κ2) is 10.1. The number of nitrogens with zero attached hydrogens (tertiary/aromatic N) is 7. The molecule has 0 aromatic carbocycles. The Morgan fingerprint density at radius 3 is 2.73 bits per heavy atom. The van der Waals surface area contributed by atoms with Crippen molar-refractivity contribution in [2.75, 3.05) is 44.2 Å². The number of ether oxygens (including phenoxy) is 1. The summed E-state index contributed by atoms with van der Waals surface area (Å²) in [6.07, 6.45) is 5.75. The van der Waals surface area contributed by atoms with Crippen molar-refractivity contribution in [2.24, 2.45) is 5.73 Å². The van der Waals surface area contributed by atoms with Crippen molar-refractivity contribution < 1.29 is 9.53 Å². The van der Waals surface area contributed by atoms with Crippen molar-refractivity contribution in [3.05, 3.63) is 48.2 Å². The molecule has 0 saturated carbocycles. The van der Waals surface area contributed by atoms with Crippen LogP contribution in [-0.4, -0.2) is 81.2 Å². The van der Waals surface area contributed by atoms with Gasteiger partial charge >= 0.3 is 0 Å². The summed E-state index contributed by atoms with van der Waals surface area (Å²) in [7, 11) is 0. The first-order valence-corrected chi connectivity index (χ1v) is 11.1. The van der Waals surface area contributed by atoms with E-state index >= 15 is 0 Å². The van der Waals surface area contributed by atoms with E-state index in [0.717, 1.165) is 50.6 Å². The van der Waals surface area contributed by atoms with Gasteiger partial charge in [0, 0.05) is 50.6 Å². The van der Waals surface area contributed by atoms with E-state index in [-0.39, 0.29) is 11.8 Å². The maximum atomic E-state index is 11.3. The summed E-state index contributed by atoms with van der Waals surface area (Å²) < 4.78 is 7.29. The SMILES string of the molecule is Cc1nc(C(N)=O)[c]cc1-n1cc(-c2cncc(N3CCN(CCOC(C)C)CC3)c2)nn1. The second-order valence-electron chi connectivity index (χ2n) is 8.31. The molecule has 4 rings (SSSR count). The minimum absolute atomic E-state index is 0.0982. The Morgan fingerprint density at radius 1 is 1.24 bits per heavy atom. The number of rotatable bonds is 8. The number of aryl methyl sites for hydroxylation is 1. The van der Waals surface area contributed by atoms with Gasteiger partial charge in [0.15, 0.2) is 0 Å². The van der Waals surface area contributed by atoms with Crippen LogP contribution in [0.3, 0.4) is 0 Å². The number of carbonyl (C=O) groups excluding carboxylic acids is 1. The number of piperazine rings is 1. The second-order valence-corrected chi connectivity index (χ2v) is 8.31. The predicted molar refractivity (Wildman–Crippen MR) is 124 cm³/mol. The number of amides is 1. The molecule has 173 valence electrons. The lowest BCUT2D eigenvalue weighted by atomic mass is 10.2. The fraction of sp³-hybridized carbons (Fsp3) is 0.435. The van der Waals surface area contributed by atoms with Crippen LogP contribution in [-0.2, 0) is 4.74 Å². The van der Waals surface area contributed by atoms with E-state index in [4.69, 9.17) is 10.5 Å². The molecule has 33 heavy (non-hydrogen) atoms. The van der Waals surface area contributed by atoms with Crippen LogP contribution in [0.2, 0.25) is 0 Å². The quantitative estimate of drug-likeness (QED) is 0.550. The minimum atomic E-state index is -0.614. The Bertz CT molecular complexity index is 1110. The van der Waals surface area contributed by atoms with Crippen LogP contribution in [0.5, 0.6) is 0 Å². The Hall–Kier alpha value is -3.37. The third-order valence-corrected chi connectivity index (χ3v) is 5.59. The predicted octanol–water partition coefficient (Wildman–Crippen LogP) is 1.48. The van der Waals surface area contributed by atoms with E-state index in [1.807, 2.05) is 12.4 Å². The van der Waals surface area contributed by atoms with Crippen LogP contribution in [0.25, 0.3) is 16.9 Å². The highest BCUT2D eigenvalue weighted by atomic mass is 16.5. The third-order valence-electron chi connectivity index (χ3n) is 5.59. The molecule has 3 aromatic rings. The lowest BCUT2D eigenvalue weighted by Crippen LogP contribution is -2.47. The summed E-state index contributed by atoms with van der Waals surface area (Å²) in [5, 5.41) is 8.53. The molecule has 0 aliphatic carbocycles. The van der Waals surface area contributed by atoms with Crippen molar-refractivity contribution in [1.29, 1.82) is 0 Å². The number of primary amides is 1. The Kier molecular flexibility index (Phi) is 6.95. The average Bonchev–Trinajstić information content (AvgIpc) is 3.29. The number of nitrogens with two attached hydrogens (primary N) is 1. The number of pyridine rings is 2. The molecule has 4 heterocycles. The smallest absolute Gasteiger partial charge is 0.267 e. The van der Waals surface area contributed by atoms with Gasteiger partial charge in [0.1, 0.15) is 11.4 Å². The summed E-state index contributed by atoms with van der Waals surface area (Å²) in [4.78, 5) is 24.7. The largest absolute Gasteiger partial charge is 0.377 e. The summed E-state index contributed by atoms with van der Waals surface area (Å²) in [5.74, 6) is -0.614. The van der Waals surface area contributed by atoms with E-state index < -0.39 is 5.91 Å². The summed E-state index contributed by atoms with van der Waals surface area (Å²) in [6.45, 7) is 11.5. The zero-order chi connectivity index (χ0) is 23.4. The molecule has 10 heteroatoms. The standard InChI is InChI=1S/C23H29N8O2/c1-16(2)33-11-10-29-6-8-30(9-7-29)19-12-18(13-25-14-19)21-15-31(28-27-21)22-5-4-20(23(24)32)26-17(22)3/h5,12-16H,6-11H2,1-3H3,(H2,24,32). The van der Waals surface area contributed by atoms with E-state index in [9.17, 15) is 4.79 Å². The molecule has 1 radical (unpaired) electrons. The van der Waals surface area contributed by atoms with Crippen molar-refractivity contribution in [3.8, 4) is 16.9 Å². The minimum Gasteiger partial charge on any atom is -0.377 e. The average molecular weight is 450 g/mol. The summed E-state index contributed by atoms with van der Waals surface area (Å²) >= 11 is 0. The van der Waals surface area contributed by atoms with Gasteiger partial charge in [0.25, 0.3) is 5.91 Å². The number of aromatic nitrogens is 5. The van der Waals surface area contributed by atoms with E-state index in [1.54, 1.807) is 23.9 Å². The molecule has 0 spiro atoms. The normalized spacial score (nSPS) is 14.7. The maximum Gasteiger partial charge on any atom is 0.267 e. The van der Waals surface area contributed by atoms with Crippen molar-refractivity contribution in [1.82, 2.24) is 29.9 Å². The van der Waals surface area contributed by atoms with Gasteiger partial charge in [-0.05, 0) is 32.9 Å². The number of hydrogen-bond acceptors (Lipinski definition) is 8. The molecular formula is C23H29N8O2. The third kappa shape index (κ3) is 5.52. The zero-order valence-corrected chi connectivity index (χ0v) is 19.2. The first kappa shape index (κ1) is 22.8. The van der Waals surface area contributed by atoms with E-state index in [1.165, 1.54) is 0 Å². The molecule has 1 amide bonds. The number of carbonyl (C=O) groups is 1.